The first-order valence-electron chi connectivity index (χ1n) is 8.95. The molecule has 1 aliphatic rings. The van der Waals surface area contributed by atoms with Crippen molar-refractivity contribution in [1.82, 2.24) is 19.7 Å². The maximum absolute atomic E-state index is 5.90. The molecule has 4 aromatic rings. The molecule has 0 aliphatic heterocycles. The number of nitrogens with zero attached hydrogens (tertiary/aromatic N) is 4. The zero-order valence-corrected chi connectivity index (χ0v) is 15.4. The van der Waals surface area contributed by atoms with Crippen molar-refractivity contribution in [2.75, 3.05) is 0 Å². The van der Waals surface area contributed by atoms with Crippen LogP contribution in [0.25, 0.3) is 11.3 Å². The third-order valence-electron chi connectivity index (χ3n) is 4.52. The highest BCUT2D eigenvalue weighted by Gasteiger charge is 2.30. The van der Waals surface area contributed by atoms with E-state index in [1.54, 1.807) is 24.2 Å². The van der Waals surface area contributed by atoms with Crippen molar-refractivity contribution in [3.63, 3.8) is 0 Å². The molecule has 6 nitrogen and oxygen atoms in total. The normalized spacial score (nSPS) is 13.9. The molecule has 5 rings (SSSR count). The fourth-order valence-corrected chi connectivity index (χ4v) is 3.79. The number of aromatic nitrogens is 4. The summed E-state index contributed by atoms with van der Waals surface area (Å²) in [6.45, 7) is 0.648. The van der Waals surface area contributed by atoms with E-state index in [1.165, 1.54) is 12.8 Å². The van der Waals surface area contributed by atoms with E-state index in [9.17, 15) is 0 Å². The number of hydrogen-bond donors (Lipinski definition) is 0. The van der Waals surface area contributed by atoms with Gasteiger partial charge >= 0.3 is 0 Å². The molecule has 1 saturated carbocycles. The van der Waals surface area contributed by atoms with Crippen molar-refractivity contribution < 1.29 is 8.83 Å². The van der Waals surface area contributed by atoms with Crippen molar-refractivity contribution in [1.29, 1.82) is 0 Å². The van der Waals surface area contributed by atoms with Crippen LogP contribution < -0.4 is 0 Å². The SMILES string of the molecule is c1ccc(-c2cnc(CSc3nnc(C4CC4)n3Cc3ccco3)o2)cc1. The van der Waals surface area contributed by atoms with Crippen molar-refractivity contribution in [2.24, 2.45) is 0 Å². The Balaban J connectivity index is 1.33. The van der Waals surface area contributed by atoms with Crippen LogP contribution in [0.3, 0.4) is 0 Å². The number of thioether (sulfide) groups is 1. The summed E-state index contributed by atoms with van der Waals surface area (Å²) in [5.41, 5.74) is 1.03. The first-order valence-corrected chi connectivity index (χ1v) is 9.94. The Morgan fingerprint density at radius 1 is 1.07 bits per heavy atom. The third-order valence-corrected chi connectivity index (χ3v) is 5.47. The maximum Gasteiger partial charge on any atom is 0.205 e. The van der Waals surface area contributed by atoms with E-state index in [2.05, 4.69) is 19.7 Å². The van der Waals surface area contributed by atoms with E-state index in [1.807, 2.05) is 42.5 Å². The summed E-state index contributed by atoms with van der Waals surface area (Å²) >= 11 is 1.59. The summed E-state index contributed by atoms with van der Waals surface area (Å²) in [6.07, 6.45) is 5.83. The number of rotatable bonds is 7. The minimum absolute atomic E-state index is 0.522. The molecular formula is C20H18N4O2S. The van der Waals surface area contributed by atoms with Gasteiger partial charge in [0.25, 0.3) is 0 Å². The van der Waals surface area contributed by atoms with Crippen LogP contribution in [0, 0.1) is 0 Å². The second-order valence-electron chi connectivity index (χ2n) is 6.55. The molecule has 0 atom stereocenters. The molecule has 0 saturated heterocycles. The summed E-state index contributed by atoms with van der Waals surface area (Å²) in [4.78, 5) is 4.40. The van der Waals surface area contributed by atoms with Crippen LogP contribution in [0.5, 0.6) is 0 Å². The van der Waals surface area contributed by atoms with E-state index < -0.39 is 0 Å². The lowest BCUT2D eigenvalue weighted by atomic mass is 10.2. The highest BCUT2D eigenvalue weighted by Crippen LogP contribution is 2.40. The predicted octanol–water partition coefficient (Wildman–Crippen LogP) is 4.74. The summed E-state index contributed by atoms with van der Waals surface area (Å²) in [5, 5.41) is 9.69. The van der Waals surface area contributed by atoms with Gasteiger partial charge in [-0.05, 0) is 25.0 Å². The van der Waals surface area contributed by atoms with Gasteiger partial charge in [0.2, 0.25) is 5.89 Å². The van der Waals surface area contributed by atoms with Gasteiger partial charge in [-0.2, -0.15) is 0 Å². The van der Waals surface area contributed by atoms with Crippen molar-refractivity contribution in [3.8, 4) is 11.3 Å². The minimum atomic E-state index is 0.522. The largest absolute Gasteiger partial charge is 0.467 e. The van der Waals surface area contributed by atoms with E-state index in [0.29, 0.717) is 24.1 Å². The topological polar surface area (TPSA) is 69.9 Å². The van der Waals surface area contributed by atoms with Crippen LogP contribution in [-0.4, -0.2) is 19.7 Å². The van der Waals surface area contributed by atoms with Crippen LogP contribution in [0.2, 0.25) is 0 Å². The smallest absolute Gasteiger partial charge is 0.205 e. The Kier molecular flexibility index (Phi) is 4.29. The number of benzene rings is 1. The lowest BCUT2D eigenvalue weighted by Gasteiger charge is -2.07. The van der Waals surface area contributed by atoms with Crippen LogP contribution >= 0.6 is 11.8 Å². The molecule has 0 radical (unpaired) electrons. The van der Waals surface area contributed by atoms with Gasteiger partial charge in [0.1, 0.15) is 11.6 Å². The van der Waals surface area contributed by atoms with Gasteiger partial charge in [-0.3, -0.25) is 4.57 Å². The number of oxazole rings is 1. The van der Waals surface area contributed by atoms with Gasteiger partial charge in [-0.25, -0.2) is 4.98 Å². The monoisotopic (exact) mass is 378 g/mol. The van der Waals surface area contributed by atoms with Crippen LogP contribution in [0.4, 0.5) is 0 Å². The minimum Gasteiger partial charge on any atom is -0.467 e. The Morgan fingerprint density at radius 2 is 1.96 bits per heavy atom. The molecule has 3 aromatic heterocycles. The lowest BCUT2D eigenvalue weighted by Crippen LogP contribution is -2.05. The average molecular weight is 378 g/mol. The highest BCUT2D eigenvalue weighted by molar-refractivity contribution is 7.98. The first kappa shape index (κ1) is 16.4. The molecule has 0 N–H and O–H groups in total. The molecule has 7 heteroatoms. The molecule has 0 spiro atoms. The van der Waals surface area contributed by atoms with E-state index in [0.717, 1.165) is 28.1 Å². The van der Waals surface area contributed by atoms with Crippen molar-refractivity contribution in [3.05, 3.63) is 72.4 Å². The number of furan rings is 1. The fraction of sp³-hybridized carbons (Fsp3) is 0.250. The molecule has 1 fully saturated rings. The zero-order valence-electron chi connectivity index (χ0n) is 14.6. The maximum atomic E-state index is 5.90. The fourth-order valence-electron chi connectivity index (χ4n) is 3.00. The number of hydrogen-bond acceptors (Lipinski definition) is 6. The summed E-state index contributed by atoms with van der Waals surface area (Å²) in [6, 6.07) is 13.9. The first-order chi connectivity index (χ1) is 13.4. The predicted molar refractivity (Wildman–Crippen MR) is 101 cm³/mol. The van der Waals surface area contributed by atoms with Crippen LogP contribution in [0.15, 0.2) is 68.9 Å². The third kappa shape index (κ3) is 3.55. The van der Waals surface area contributed by atoms with Gasteiger partial charge < -0.3 is 8.83 Å². The molecule has 1 aromatic carbocycles. The molecule has 3 heterocycles. The van der Waals surface area contributed by atoms with E-state index >= 15 is 0 Å². The molecule has 27 heavy (non-hydrogen) atoms. The Bertz CT molecular complexity index is 1020. The van der Waals surface area contributed by atoms with E-state index in [4.69, 9.17) is 8.83 Å². The standard InChI is InChI=1S/C20H18N4O2S/c1-2-5-14(6-3-1)17-11-21-18(26-17)13-27-20-23-22-19(15-8-9-15)24(20)12-16-7-4-10-25-16/h1-7,10-11,15H,8-9,12-13H2. The van der Waals surface area contributed by atoms with Gasteiger partial charge in [0, 0.05) is 11.5 Å². The highest BCUT2D eigenvalue weighted by atomic mass is 32.2. The summed E-state index contributed by atoms with van der Waals surface area (Å²) in [7, 11) is 0. The van der Waals surface area contributed by atoms with Crippen LogP contribution in [-0.2, 0) is 12.3 Å². The molecule has 0 unspecified atom stereocenters. The average Bonchev–Trinajstić information content (AvgIpc) is 3.11. The quantitative estimate of drug-likeness (QED) is 0.433. The molecule has 0 bridgehead atoms. The molecule has 1 aliphatic carbocycles. The Hall–Kier alpha value is -2.80. The molecular weight excluding hydrogens is 360 g/mol. The van der Waals surface area contributed by atoms with Gasteiger partial charge in [-0.15, -0.1) is 10.2 Å². The second-order valence-corrected chi connectivity index (χ2v) is 7.50. The van der Waals surface area contributed by atoms with Crippen LogP contribution in [0.1, 0.15) is 36.2 Å². The Labute approximate surface area is 160 Å². The molecule has 0 amide bonds. The van der Waals surface area contributed by atoms with Gasteiger partial charge in [0.15, 0.2) is 10.9 Å². The van der Waals surface area contributed by atoms with Gasteiger partial charge in [0.05, 0.1) is 24.8 Å². The van der Waals surface area contributed by atoms with Crippen molar-refractivity contribution in [2.45, 2.75) is 36.2 Å². The van der Waals surface area contributed by atoms with E-state index in [-0.39, 0.29) is 0 Å². The second kappa shape index (κ2) is 7.08. The lowest BCUT2D eigenvalue weighted by molar-refractivity contribution is 0.478. The zero-order chi connectivity index (χ0) is 18.1. The summed E-state index contributed by atoms with van der Waals surface area (Å²) in [5.74, 6) is 4.54. The summed E-state index contributed by atoms with van der Waals surface area (Å²) < 4.78 is 13.6. The Morgan fingerprint density at radius 3 is 2.74 bits per heavy atom. The van der Waals surface area contributed by atoms with Gasteiger partial charge in [-0.1, -0.05) is 42.1 Å². The van der Waals surface area contributed by atoms with Crippen molar-refractivity contribution >= 4 is 11.8 Å². The molecule has 136 valence electrons.